The van der Waals surface area contributed by atoms with Crippen LogP contribution < -0.4 is 10.6 Å². The lowest BCUT2D eigenvalue weighted by Crippen LogP contribution is -2.52. The fourth-order valence-corrected chi connectivity index (χ4v) is 6.06. The maximum absolute atomic E-state index is 13.9. The molecular formula is C33H41N7O4Si. The molecule has 1 saturated heterocycles. The molecule has 4 heterocycles. The Bertz CT molecular complexity index is 1770. The third-order valence-electron chi connectivity index (χ3n) is 7.60. The van der Waals surface area contributed by atoms with E-state index >= 15 is 0 Å². The van der Waals surface area contributed by atoms with Crippen molar-refractivity contribution in [1.29, 1.82) is 5.26 Å². The number of hydrogen-bond donors (Lipinski definition) is 0. The van der Waals surface area contributed by atoms with Crippen molar-refractivity contribution in [3.05, 3.63) is 82.4 Å². The first-order chi connectivity index (χ1) is 21.4. The van der Waals surface area contributed by atoms with Gasteiger partial charge in [0.25, 0.3) is 0 Å². The van der Waals surface area contributed by atoms with E-state index in [9.17, 15) is 14.9 Å². The number of amides is 1. The molecule has 0 aliphatic carbocycles. The van der Waals surface area contributed by atoms with E-state index < -0.39 is 13.7 Å². The zero-order valence-corrected chi connectivity index (χ0v) is 27.9. The number of carbonyl (C=O) groups excluding carboxylic acids is 1. The van der Waals surface area contributed by atoms with Crippen LogP contribution in [-0.4, -0.2) is 70.0 Å². The van der Waals surface area contributed by atoms with Gasteiger partial charge in [0.2, 0.25) is 0 Å². The molecule has 1 aromatic carbocycles. The zero-order valence-electron chi connectivity index (χ0n) is 26.9. The number of carbonyl (C=O) groups is 1. The molecule has 1 aliphatic heterocycles. The normalized spacial score (nSPS) is 15.7. The predicted molar refractivity (Wildman–Crippen MR) is 176 cm³/mol. The van der Waals surface area contributed by atoms with Crippen LogP contribution in [0, 0.1) is 11.3 Å². The molecule has 0 bridgehead atoms. The van der Waals surface area contributed by atoms with Crippen molar-refractivity contribution >= 4 is 31.1 Å². The number of anilines is 1. The fraction of sp³-hybridized carbons (Fsp3) is 0.424. The number of ether oxygens (including phenoxy) is 2. The Morgan fingerprint density at radius 3 is 2.51 bits per heavy atom. The minimum absolute atomic E-state index is 0.0497. The van der Waals surface area contributed by atoms with Crippen LogP contribution in [0.1, 0.15) is 37.9 Å². The molecule has 0 radical (unpaired) electrons. The van der Waals surface area contributed by atoms with Gasteiger partial charge in [-0.05, 0) is 56.6 Å². The van der Waals surface area contributed by atoms with E-state index in [1.165, 1.54) is 9.13 Å². The zero-order chi connectivity index (χ0) is 32.4. The molecule has 236 valence electrons. The third-order valence-corrected chi connectivity index (χ3v) is 9.31. The van der Waals surface area contributed by atoms with Crippen LogP contribution in [-0.2, 0) is 16.2 Å². The van der Waals surface area contributed by atoms with Crippen molar-refractivity contribution in [1.82, 2.24) is 24.0 Å². The maximum Gasteiger partial charge on any atom is 0.410 e. The van der Waals surface area contributed by atoms with Crippen LogP contribution in [0.25, 0.3) is 17.0 Å². The summed E-state index contributed by atoms with van der Waals surface area (Å²) < 4.78 is 14.6. The van der Waals surface area contributed by atoms with E-state index in [4.69, 9.17) is 14.5 Å². The number of benzene rings is 1. The van der Waals surface area contributed by atoms with Gasteiger partial charge in [-0.3, -0.25) is 4.57 Å². The highest BCUT2D eigenvalue weighted by atomic mass is 28.3. The van der Waals surface area contributed by atoms with Gasteiger partial charge in [0, 0.05) is 40.5 Å². The van der Waals surface area contributed by atoms with Gasteiger partial charge >= 0.3 is 11.8 Å². The second-order valence-corrected chi connectivity index (χ2v) is 19.1. The summed E-state index contributed by atoms with van der Waals surface area (Å²) in [5.74, 6) is 0.810. The van der Waals surface area contributed by atoms with Gasteiger partial charge in [-0.25, -0.2) is 24.1 Å². The smallest absolute Gasteiger partial charge is 0.410 e. The average Bonchev–Trinajstić information content (AvgIpc) is 3.28. The molecule has 0 saturated carbocycles. The first-order valence-electron chi connectivity index (χ1n) is 15.2. The number of pyridine rings is 2. The highest BCUT2D eigenvalue weighted by Crippen LogP contribution is 2.32. The van der Waals surface area contributed by atoms with Crippen molar-refractivity contribution in [3.63, 3.8) is 0 Å². The lowest BCUT2D eigenvalue weighted by Gasteiger charge is -2.42. The maximum atomic E-state index is 13.9. The van der Waals surface area contributed by atoms with Crippen LogP contribution in [0.15, 0.2) is 65.6 Å². The summed E-state index contributed by atoms with van der Waals surface area (Å²) in [7, 11) is -1.31. The van der Waals surface area contributed by atoms with Crippen LogP contribution in [0.5, 0.6) is 0 Å². The minimum atomic E-state index is -1.31. The van der Waals surface area contributed by atoms with Gasteiger partial charge in [-0.1, -0.05) is 50.0 Å². The Morgan fingerprint density at radius 1 is 1.07 bits per heavy atom. The average molecular weight is 628 g/mol. The monoisotopic (exact) mass is 627 g/mol. The molecule has 1 unspecified atom stereocenters. The molecule has 1 amide bonds. The molecule has 45 heavy (non-hydrogen) atoms. The lowest BCUT2D eigenvalue weighted by molar-refractivity contribution is 0.0213. The Morgan fingerprint density at radius 2 is 1.82 bits per heavy atom. The van der Waals surface area contributed by atoms with E-state index in [1.54, 1.807) is 35.4 Å². The second kappa shape index (κ2) is 12.9. The van der Waals surface area contributed by atoms with Gasteiger partial charge in [0.05, 0.1) is 17.1 Å². The largest absolute Gasteiger partial charge is 0.444 e. The number of hydrogen-bond acceptors (Lipinski definition) is 8. The molecule has 1 aliphatic rings. The fourth-order valence-electron chi connectivity index (χ4n) is 5.31. The summed E-state index contributed by atoms with van der Waals surface area (Å²) in [4.78, 5) is 40.3. The number of imidazole rings is 1. The Balaban J connectivity index is 1.54. The van der Waals surface area contributed by atoms with Crippen LogP contribution in [0.4, 0.5) is 10.6 Å². The summed E-state index contributed by atoms with van der Waals surface area (Å²) in [6.07, 6.45) is 1.27. The number of nitriles is 1. The van der Waals surface area contributed by atoms with Crippen molar-refractivity contribution in [2.45, 2.75) is 64.8 Å². The molecule has 0 N–H and O–H groups in total. The molecule has 11 nitrogen and oxygen atoms in total. The molecule has 12 heteroatoms. The number of nitrogens with zero attached hydrogens (tertiary/aromatic N) is 7. The van der Waals surface area contributed by atoms with Crippen LogP contribution >= 0.6 is 0 Å². The highest BCUT2D eigenvalue weighted by Gasteiger charge is 2.34. The number of aromatic nitrogens is 4. The first kappa shape index (κ1) is 31.9. The number of piperazine rings is 1. The van der Waals surface area contributed by atoms with Gasteiger partial charge < -0.3 is 19.3 Å². The predicted octanol–water partition coefficient (Wildman–Crippen LogP) is 5.56. The van der Waals surface area contributed by atoms with Crippen molar-refractivity contribution in [2.75, 3.05) is 31.1 Å². The molecule has 3 aromatic heterocycles. The Kier molecular flexibility index (Phi) is 9.13. The second-order valence-electron chi connectivity index (χ2n) is 13.4. The SMILES string of the molecule is CC(C)(C)OC(=O)N1CCN(c2ccc(C#N)c(-n3c(=O)n(COCC[Si](C)(C)C)c4ncccc43)n2)C(c2ccccc2)C1. The summed E-state index contributed by atoms with van der Waals surface area (Å²) in [6, 6.07) is 19.9. The molecule has 0 spiro atoms. The standard InChI is InChI=1S/C33H41N7O4Si/c1-33(2,3)44-32(42)37-17-18-38(27(22-37)24-11-8-7-9-12-24)28-15-14-25(21-34)29(36-28)40-26-13-10-16-35-30(26)39(31(40)41)23-43-19-20-45(4,5)6/h7-16,27H,17-20,22-23H2,1-6H3. The van der Waals surface area contributed by atoms with Gasteiger partial charge in [0.1, 0.15) is 24.2 Å². The quantitative estimate of drug-likeness (QED) is 0.184. The summed E-state index contributed by atoms with van der Waals surface area (Å²) >= 11 is 0. The Labute approximate surface area is 264 Å². The van der Waals surface area contributed by atoms with Gasteiger partial charge in [0.15, 0.2) is 11.5 Å². The summed E-state index contributed by atoms with van der Waals surface area (Å²) in [6.45, 7) is 14.3. The minimum Gasteiger partial charge on any atom is -0.444 e. The topological polar surface area (TPSA) is 119 Å². The van der Waals surface area contributed by atoms with Crippen molar-refractivity contribution < 1.29 is 14.3 Å². The van der Waals surface area contributed by atoms with Crippen molar-refractivity contribution in [3.8, 4) is 11.9 Å². The van der Waals surface area contributed by atoms with Crippen LogP contribution in [0.2, 0.25) is 25.7 Å². The first-order valence-corrected chi connectivity index (χ1v) is 18.9. The van der Waals surface area contributed by atoms with E-state index in [0.29, 0.717) is 43.2 Å². The van der Waals surface area contributed by atoms with Crippen LogP contribution in [0.3, 0.4) is 0 Å². The number of rotatable bonds is 8. The highest BCUT2D eigenvalue weighted by molar-refractivity contribution is 6.76. The Hall–Kier alpha value is -4.47. The molecular weight excluding hydrogens is 586 g/mol. The van der Waals surface area contributed by atoms with E-state index in [1.807, 2.05) is 51.1 Å². The van der Waals surface area contributed by atoms with Gasteiger partial charge in [-0.15, -0.1) is 0 Å². The third kappa shape index (κ3) is 7.27. The summed E-state index contributed by atoms with van der Waals surface area (Å²) in [5, 5.41) is 10.1. The molecule has 5 rings (SSSR count). The van der Waals surface area contributed by atoms with E-state index in [-0.39, 0.29) is 35.9 Å². The van der Waals surface area contributed by atoms with Crippen molar-refractivity contribution in [2.24, 2.45) is 0 Å². The van der Waals surface area contributed by atoms with E-state index in [2.05, 4.69) is 35.6 Å². The van der Waals surface area contributed by atoms with Gasteiger partial charge in [-0.2, -0.15) is 5.26 Å². The number of fused-ring (bicyclic) bond motifs is 1. The molecule has 4 aromatic rings. The molecule has 1 atom stereocenters. The molecule has 1 fully saturated rings. The summed E-state index contributed by atoms with van der Waals surface area (Å²) in [5.41, 5.74) is 1.26. The van der Waals surface area contributed by atoms with E-state index in [0.717, 1.165) is 11.6 Å². The lowest BCUT2D eigenvalue weighted by atomic mass is 10.0.